The van der Waals surface area contributed by atoms with Crippen LogP contribution in [0.3, 0.4) is 0 Å². The minimum atomic E-state index is -0.142. The van der Waals surface area contributed by atoms with Gasteiger partial charge in [0.05, 0.1) is 0 Å². The molecule has 0 N–H and O–H groups in total. The van der Waals surface area contributed by atoms with Crippen LogP contribution in [-0.4, -0.2) is 13.4 Å². The topological polar surface area (TPSA) is 43.4 Å². The van der Waals surface area contributed by atoms with E-state index in [-0.39, 0.29) is 24.3 Å². The van der Waals surface area contributed by atoms with Gasteiger partial charge >= 0.3 is 0 Å². The lowest BCUT2D eigenvalue weighted by atomic mass is 9.31. The molecule has 4 heterocycles. The van der Waals surface area contributed by atoms with Crippen LogP contribution >= 0.6 is 0 Å². The molecule has 13 rings (SSSR count). The number of hydrogen-bond acceptors (Lipinski definition) is 6. The number of fused-ring (bicyclic) bond motifs is 8. The lowest BCUT2D eigenvalue weighted by Crippen LogP contribution is -2.63. The third-order valence-corrected chi connectivity index (χ3v) is 14.4. The van der Waals surface area contributed by atoms with Crippen LogP contribution in [0, 0.1) is 0 Å². The van der Waals surface area contributed by atoms with Crippen molar-refractivity contribution in [1.82, 2.24) is 0 Å². The van der Waals surface area contributed by atoms with Gasteiger partial charge in [0.25, 0.3) is 13.4 Å². The Morgan fingerprint density at radius 3 is 1.13 bits per heavy atom. The summed E-state index contributed by atoms with van der Waals surface area (Å²) >= 11 is 0. The monoisotopic (exact) mass is 908 g/mol. The van der Waals surface area contributed by atoms with Crippen molar-refractivity contribution < 1.29 is 18.9 Å². The molecule has 9 aromatic carbocycles. The molecule has 70 heavy (non-hydrogen) atoms. The average molecular weight is 909 g/mol. The Morgan fingerprint density at radius 1 is 0.343 bits per heavy atom. The van der Waals surface area contributed by atoms with Crippen LogP contribution in [0.5, 0.6) is 46.0 Å². The maximum atomic E-state index is 6.94. The number of hydrogen-bond donors (Lipinski definition) is 0. The number of para-hydroxylation sites is 4. The Kier molecular flexibility index (Phi) is 9.45. The van der Waals surface area contributed by atoms with Crippen LogP contribution in [0.1, 0.15) is 52.7 Å². The van der Waals surface area contributed by atoms with Crippen LogP contribution in [0.15, 0.2) is 194 Å². The van der Waals surface area contributed by atoms with Gasteiger partial charge in [0.2, 0.25) is 0 Å². The molecule has 4 aliphatic rings. The molecule has 0 bridgehead atoms. The molecule has 0 aliphatic carbocycles. The Labute approximate surface area is 410 Å². The van der Waals surface area contributed by atoms with Gasteiger partial charge in [-0.3, -0.25) is 0 Å². The second-order valence-corrected chi connectivity index (χ2v) is 20.9. The van der Waals surface area contributed by atoms with Crippen molar-refractivity contribution in [3.05, 3.63) is 205 Å². The summed E-state index contributed by atoms with van der Waals surface area (Å²) < 4.78 is 27.5. The molecule has 0 radical (unpaired) electrons. The molecule has 6 nitrogen and oxygen atoms in total. The van der Waals surface area contributed by atoms with E-state index in [2.05, 4.69) is 245 Å². The van der Waals surface area contributed by atoms with Gasteiger partial charge in [-0.15, -0.1) is 0 Å². The highest BCUT2D eigenvalue weighted by Gasteiger charge is 2.47. The first kappa shape index (κ1) is 42.0. The van der Waals surface area contributed by atoms with Crippen molar-refractivity contribution in [2.24, 2.45) is 0 Å². The largest absolute Gasteiger partial charge is 0.458 e. The predicted molar refractivity (Wildman–Crippen MR) is 289 cm³/mol. The molecule has 0 unspecified atom stereocenters. The first-order valence-electron chi connectivity index (χ1n) is 24.3. The Balaban J connectivity index is 1.05. The molecule has 338 valence electrons. The highest BCUT2D eigenvalue weighted by Crippen LogP contribution is 2.48. The van der Waals surface area contributed by atoms with Crippen molar-refractivity contribution >= 4 is 80.3 Å². The predicted octanol–water partition coefficient (Wildman–Crippen LogP) is 12.7. The summed E-state index contributed by atoms with van der Waals surface area (Å²) in [6.45, 7) is 13.1. The Bertz CT molecular complexity index is 3300. The molecule has 4 aliphatic heterocycles. The summed E-state index contributed by atoms with van der Waals surface area (Å²) in [5, 5.41) is 0. The van der Waals surface area contributed by atoms with Gasteiger partial charge in [0.1, 0.15) is 46.0 Å². The van der Waals surface area contributed by atoms with E-state index in [0.717, 1.165) is 90.5 Å². The van der Waals surface area contributed by atoms with E-state index in [9.17, 15) is 0 Å². The molecule has 0 fully saturated rings. The van der Waals surface area contributed by atoms with Gasteiger partial charge in [-0.2, -0.15) is 0 Å². The standard InChI is InChI=1S/C62H50B2N2O4/c1-61(2,3)39-25-29-43(30-26-39)67-45-33-53-59-57(35-45)69-55-23-15-13-21-47(55)63(59)49-37-50-52(38-51(49)65(53)41-17-9-7-10-18-41)66(42-19-11-8-12-20-42)54-34-46(68-44-31-27-40(28-32-44)62(4,5)6)36-58-60(54)64(50)48-22-14-16-24-56(48)70-58/h7-38H,1-6H3. The second kappa shape index (κ2) is 15.7. The summed E-state index contributed by atoms with van der Waals surface area (Å²) in [6, 6.07) is 68.7. The average Bonchev–Trinajstić information content (AvgIpc) is 3.36. The van der Waals surface area contributed by atoms with E-state index < -0.39 is 0 Å². The summed E-state index contributed by atoms with van der Waals surface area (Å²) in [7, 11) is 0. The Morgan fingerprint density at radius 2 is 0.729 bits per heavy atom. The van der Waals surface area contributed by atoms with Gasteiger partial charge < -0.3 is 28.7 Å². The smallest absolute Gasteiger partial charge is 0.256 e. The lowest BCUT2D eigenvalue weighted by Gasteiger charge is -2.44. The summed E-state index contributed by atoms with van der Waals surface area (Å²) in [5.41, 5.74) is 15.6. The van der Waals surface area contributed by atoms with Gasteiger partial charge in [0, 0.05) is 58.4 Å². The van der Waals surface area contributed by atoms with Crippen molar-refractivity contribution in [3.8, 4) is 46.0 Å². The number of nitrogens with zero attached hydrogens (tertiary/aromatic N) is 2. The van der Waals surface area contributed by atoms with Crippen LogP contribution in [0.2, 0.25) is 0 Å². The van der Waals surface area contributed by atoms with Crippen molar-refractivity contribution in [2.45, 2.75) is 52.4 Å². The first-order chi connectivity index (χ1) is 33.9. The maximum Gasteiger partial charge on any atom is 0.256 e. The Hall–Kier alpha value is -8.09. The fraction of sp³-hybridized carbons (Fsp3) is 0.129. The van der Waals surface area contributed by atoms with Crippen LogP contribution in [0.25, 0.3) is 0 Å². The molecule has 0 amide bonds. The van der Waals surface area contributed by atoms with E-state index >= 15 is 0 Å². The van der Waals surface area contributed by atoms with Crippen molar-refractivity contribution in [1.29, 1.82) is 0 Å². The number of rotatable bonds is 6. The van der Waals surface area contributed by atoms with Crippen LogP contribution in [-0.2, 0) is 10.8 Å². The fourth-order valence-corrected chi connectivity index (χ4v) is 11.0. The van der Waals surface area contributed by atoms with E-state index in [1.807, 2.05) is 0 Å². The highest BCUT2D eigenvalue weighted by atomic mass is 16.5. The lowest BCUT2D eigenvalue weighted by molar-refractivity contribution is 0.462. The molecule has 0 aromatic heterocycles. The van der Waals surface area contributed by atoms with E-state index in [1.165, 1.54) is 22.1 Å². The van der Waals surface area contributed by atoms with E-state index in [0.29, 0.717) is 11.5 Å². The fourth-order valence-electron chi connectivity index (χ4n) is 11.0. The zero-order valence-electron chi connectivity index (χ0n) is 40.2. The number of anilines is 6. The first-order valence-corrected chi connectivity index (χ1v) is 24.3. The van der Waals surface area contributed by atoms with E-state index in [4.69, 9.17) is 18.9 Å². The second-order valence-electron chi connectivity index (χ2n) is 20.9. The zero-order valence-corrected chi connectivity index (χ0v) is 40.2. The summed E-state index contributed by atoms with van der Waals surface area (Å²) in [6.07, 6.45) is 0. The molecule has 0 atom stereocenters. The summed E-state index contributed by atoms with van der Waals surface area (Å²) in [5.74, 6) is 6.17. The van der Waals surface area contributed by atoms with Gasteiger partial charge in [-0.05, 0) is 121 Å². The SMILES string of the molecule is CC(C)(C)c1ccc(Oc2cc3c4c(c2)N(c2ccccc2)c2cc5c(cc2B4c2ccccc2O3)B2c3ccccc3Oc3cc(Oc4ccc(C(C)(C)C)cc4)cc(c32)N5c2ccccc2)cc1. The van der Waals surface area contributed by atoms with Gasteiger partial charge in [0.15, 0.2) is 0 Å². The molecule has 9 aromatic rings. The molecular formula is C62H50B2N2O4. The molecule has 0 saturated heterocycles. The maximum absolute atomic E-state index is 6.94. The van der Waals surface area contributed by atoms with E-state index in [1.54, 1.807) is 0 Å². The minimum absolute atomic E-state index is 0.0249. The van der Waals surface area contributed by atoms with Gasteiger partial charge in [-0.1, -0.05) is 145 Å². The number of benzene rings is 9. The normalized spacial score (nSPS) is 13.7. The molecular weight excluding hydrogens is 858 g/mol. The third-order valence-electron chi connectivity index (χ3n) is 14.4. The molecule has 0 spiro atoms. The third kappa shape index (κ3) is 6.87. The van der Waals surface area contributed by atoms with Gasteiger partial charge in [-0.25, -0.2) is 0 Å². The van der Waals surface area contributed by atoms with Crippen LogP contribution in [0.4, 0.5) is 34.1 Å². The molecule has 8 heteroatoms. The molecule has 0 saturated carbocycles. The summed E-state index contributed by atoms with van der Waals surface area (Å²) in [4.78, 5) is 4.81. The highest BCUT2D eigenvalue weighted by molar-refractivity contribution is 7.02. The minimum Gasteiger partial charge on any atom is -0.458 e. The quantitative estimate of drug-likeness (QED) is 0.155. The van der Waals surface area contributed by atoms with Crippen LogP contribution < -0.4 is 61.5 Å². The van der Waals surface area contributed by atoms with Crippen molar-refractivity contribution in [3.63, 3.8) is 0 Å². The van der Waals surface area contributed by atoms with Crippen molar-refractivity contribution in [2.75, 3.05) is 9.80 Å². The zero-order chi connectivity index (χ0) is 47.5. The number of ether oxygens (including phenoxy) is 4.